The van der Waals surface area contributed by atoms with Crippen molar-refractivity contribution in [1.29, 1.82) is 0 Å². The van der Waals surface area contributed by atoms with Gasteiger partial charge in [-0.25, -0.2) is 0 Å². The van der Waals surface area contributed by atoms with Crippen LogP contribution in [0, 0.1) is 12.8 Å². The van der Waals surface area contributed by atoms with Crippen LogP contribution in [0.5, 0.6) is 0 Å². The van der Waals surface area contributed by atoms with Crippen LogP contribution in [0.4, 0.5) is 0 Å². The van der Waals surface area contributed by atoms with Gasteiger partial charge in [0.05, 0.1) is 5.69 Å². The van der Waals surface area contributed by atoms with E-state index in [2.05, 4.69) is 26.3 Å². The molecule has 2 aliphatic rings. The summed E-state index contributed by atoms with van der Waals surface area (Å²) in [5.41, 5.74) is 2.04. The number of aryl methyl sites for hydroxylation is 1. The fourth-order valence-electron chi connectivity index (χ4n) is 3.78. The largest absolute Gasteiger partial charge is 0.348 e. The van der Waals surface area contributed by atoms with Crippen LogP contribution in [0.15, 0.2) is 11.6 Å². The molecule has 0 saturated carbocycles. The summed E-state index contributed by atoms with van der Waals surface area (Å²) in [7, 11) is 0. The summed E-state index contributed by atoms with van der Waals surface area (Å²) in [6.07, 6.45) is 9.34. The van der Waals surface area contributed by atoms with Gasteiger partial charge < -0.3 is 15.5 Å². The predicted octanol–water partition coefficient (Wildman–Crippen LogP) is 1.82. The first-order valence-electron chi connectivity index (χ1n) is 10.4. The molecule has 0 radical (unpaired) electrons. The van der Waals surface area contributed by atoms with Crippen molar-refractivity contribution < 1.29 is 14.4 Å². The van der Waals surface area contributed by atoms with Crippen LogP contribution >= 0.6 is 11.5 Å². The van der Waals surface area contributed by atoms with Crippen molar-refractivity contribution in [3.05, 3.63) is 22.2 Å². The minimum Gasteiger partial charge on any atom is -0.348 e. The van der Waals surface area contributed by atoms with E-state index in [4.69, 9.17) is 0 Å². The Kier molecular flexibility index (Phi) is 7.74. The van der Waals surface area contributed by atoms with Gasteiger partial charge in [-0.15, -0.1) is 5.10 Å². The van der Waals surface area contributed by atoms with Gasteiger partial charge in [0.15, 0.2) is 0 Å². The van der Waals surface area contributed by atoms with Crippen molar-refractivity contribution in [3.8, 4) is 0 Å². The molecule has 1 fully saturated rings. The number of carbonyl (C=O) groups excluding carboxylic acids is 3. The molecule has 1 aliphatic carbocycles. The summed E-state index contributed by atoms with van der Waals surface area (Å²) < 4.78 is 3.82. The zero-order valence-electron chi connectivity index (χ0n) is 16.9. The van der Waals surface area contributed by atoms with Crippen molar-refractivity contribution >= 4 is 29.3 Å². The molecule has 9 heteroatoms. The summed E-state index contributed by atoms with van der Waals surface area (Å²) in [5, 5.41) is 9.33. The van der Waals surface area contributed by atoms with Crippen LogP contribution in [0.3, 0.4) is 0 Å². The maximum Gasteiger partial charge on any atom is 0.309 e. The number of likely N-dealkylation sites (tertiary alicyclic amines) is 1. The van der Waals surface area contributed by atoms with E-state index >= 15 is 0 Å². The fourth-order valence-corrected chi connectivity index (χ4v) is 4.40. The highest BCUT2D eigenvalue weighted by Gasteiger charge is 2.26. The first kappa shape index (κ1) is 21.4. The van der Waals surface area contributed by atoms with Gasteiger partial charge >= 0.3 is 11.8 Å². The summed E-state index contributed by atoms with van der Waals surface area (Å²) in [4.78, 5) is 38.9. The SMILES string of the molecule is Cc1nnsc1C(=O)N1CCC(CNC(=O)C(=O)NCCC2=CCCCC2)CC1. The van der Waals surface area contributed by atoms with Gasteiger partial charge in [0.25, 0.3) is 5.91 Å². The smallest absolute Gasteiger partial charge is 0.309 e. The second-order valence-electron chi connectivity index (χ2n) is 7.75. The highest BCUT2D eigenvalue weighted by atomic mass is 32.1. The molecule has 158 valence electrons. The number of amides is 3. The molecule has 1 aliphatic heterocycles. The highest BCUT2D eigenvalue weighted by molar-refractivity contribution is 7.07. The third kappa shape index (κ3) is 6.09. The Labute approximate surface area is 175 Å². The van der Waals surface area contributed by atoms with Crippen molar-refractivity contribution in [3.63, 3.8) is 0 Å². The van der Waals surface area contributed by atoms with E-state index in [1.807, 2.05) is 4.90 Å². The third-order valence-corrected chi connectivity index (χ3v) is 6.44. The van der Waals surface area contributed by atoms with E-state index in [0.717, 1.165) is 43.6 Å². The minimum atomic E-state index is -0.576. The topological polar surface area (TPSA) is 104 Å². The number of carbonyl (C=O) groups is 3. The summed E-state index contributed by atoms with van der Waals surface area (Å²) in [6, 6.07) is 0. The first-order valence-corrected chi connectivity index (χ1v) is 11.1. The number of allylic oxidation sites excluding steroid dienone is 1. The maximum absolute atomic E-state index is 12.5. The Bertz CT molecular complexity index is 768. The molecule has 2 heterocycles. The van der Waals surface area contributed by atoms with E-state index in [1.54, 1.807) is 6.92 Å². The number of piperidine rings is 1. The van der Waals surface area contributed by atoms with Gasteiger partial charge in [-0.3, -0.25) is 14.4 Å². The summed E-state index contributed by atoms with van der Waals surface area (Å²) in [5.74, 6) is -0.897. The zero-order chi connectivity index (χ0) is 20.6. The van der Waals surface area contributed by atoms with E-state index in [0.29, 0.717) is 36.8 Å². The van der Waals surface area contributed by atoms with Gasteiger partial charge in [-0.05, 0) is 69.3 Å². The Hall–Kier alpha value is -2.29. The van der Waals surface area contributed by atoms with Crippen molar-refractivity contribution in [2.24, 2.45) is 5.92 Å². The number of hydrogen-bond acceptors (Lipinski definition) is 6. The average molecular weight is 420 g/mol. The predicted molar refractivity (Wildman–Crippen MR) is 110 cm³/mol. The molecular weight excluding hydrogens is 390 g/mol. The second kappa shape index (κ2) is 10.5. The fraction of sp³-hybridized carbons (Fsp3) is 0.650. The molecule has 29 heavy (non-hydrogen) atoms. The third-order valence-electron chi connectivity index (χ3n) is 5.62. The number of nitrogens with zero attached hydrogens (tertiary/aromatic N) is 3. The Morgan fingerprint density at radius 2 is 1.93 bits per heavy atom. The number of hydrogen-bond donors (Lipinski definition) is 2. The molecule has 1 aromatic heterocycles. The van der Waals surface area contributed by atoms with E-state index < -0.39 is 11.8 Å². The molecule has 0 aromatic carbocycles. The quantitative estimate of drug-likeness (QED) is 0.541. The molecule has 1 saturated heterocycles. The Balaban J connectivity index is 1.32. The van der Waals surface area contributed by atoms with Gasteiger partial charge in [0.1, 0.15) is 4.88 Å². The van der Waals surface area contributed by atoms with Crippen molar-refractivity contribution in [1.82, 2.24) is 25.1 Å². The molecule has 0 spiro atoms. The first-order chi connectivity index (χ1) is 14.0. The minimum absolute atomic E-state index is 0.0209. The Morgan fingerprint density at radius 3 is 2.59 bits per heavy atom. The van der Waals surface area contributed by atoms with Crippen LogP contribution in [-0.2, 0) is 9.59 Å². The number of rotatable bonds is 6. The zero-order valence-corrected chi connectivity index (χ0v) is 17.7. The van der Waals surface area contributed by atoms with Crippen LogP contribution in [0.2, 0.25) is 0 Å². The van der Waals surface area contributed by atoms with E-state index in [9.17, 15) is 14.4 Å². The molecule has 0 atom stereocenters. The van der Waals surface area contributed by atoms with Crippen LogP contribution < -0.4 is 10.6 Å². The molecule has 3 amide bonds. The van der Waals surface area contributed by atoms with Gasteiger partial charge in [-0.1, -0.05) is 16.1 Å². The lowest BCUT2D eigenvalue weighted by Gasteiger charge is -2.31. The maximum atomic E-state index is 12.5. The van der Waals surface area contributed by atoms with Gasteiger partial charge in [0.2, 0.25) is 0 Å². The number of nitrogens with one attached hydrogen (secondary N) is 2. The summed E-state index contributed by atoms with van der Waals surface area (Å²) >= 11 is 1.13. The molecule has 1 aromatic rings. The van der Waals surface area contributed by atoms with E-state index in [-0.39, 0.29) is 11.8 Å². The highest BCUT2D eigenvalue weighted by Crippen LogP contribution is 2.21. The van der Waals surface area contributed by atoms with Crippen LogP contribution in [-0.4, -0.2) is 58.4 Å². The lowest BCUT2D eigenvalue weighted by Crippen LogP contribution is -2.45. The lowest BCUT2D eigenvalue weighted by atomic mass is 9.96. The van der Waals surface area contributed by atoms with Crippen LogP contribution in [0.1, 0.15) is 60.3 Å². The molecule has 3 rings (SSSR count). The molecule has 2 N–H and O–H groups in total. The molecule has 0 bridgehead atoms. The van der Waals surface area contributed by atoms with Crippen LogP contribution in [0.25, 0.3) is 0 Å². The standard InChI is InChI=1S/C20H29N5O3S/c1-14-17(29-24-23-14)20(28)25-11-8-16(9-12-25)13-22-19(27)18(26)21-10-7-15-5-3-2-4-6-15/h5,16H,2-4,6-13H2,1H3,(H,21,26)(H,22,27). The second-order valence-corrected chi connectivity index (χ2v) is 8.50. The monoisotopic (exact) mass is 419 g/mol. The molecular formula is C20H29N5O3S. The summed E-state index contributed by atoms with van der Waals surface area (Å²) in [6.45, 7) is 4.03. The van der Waals surface area contributed by atoms with Crippen molar-refractivity contribution in [2.45, 2.75) is 51.9 Å². The lowest BCUT2D eigenvalue weighted by molar-refractivity contribution is -0.139. The van der Waals surface area contributed by atoms with Crippen molar-refractivity contribution in [2.75, 3.05) is 26.2 Å². The normalized spacial score (nSPS) is 17.6. The Morgan fingerprint density at radius 1 is 1.17 bits per heavy atom. The van der Waals surface area contributed by atoms with E-state index in [1.165, 1.54) is 18.4 Å². The average Bonchev–Trinajstić information content (AvgIpc) is 3.18. The van der Waals surface area contributed by atoms with Gasteiger partial charge in [0, 0.05) is 26.2 Å². The number of aromatic nitrogens is 2. The molecule has 0 unspecified atom stereocenters. The molecule has 8 nitrogen and oxygen atoms in total. The van der Waals surface area contributed by atoms with Gasteiger partial charge in [-0.2, -0.15) is 0 Å².